The Morgan fingerprint density at radius 2 is 2.30 bits per heavy atom. The van der Waals surface area contributed by atoms with Gasteiger partial charge in [0.1, 0.15) is 0 Å². The monoisotopic (exact) mass is 327 g/mol. The molecule has 2 unspecified atom stereocenters. The minimum Gasteiger partial charge on any atom is -0.383 e. The van der Waals surface area contributed by atoms with Crippen molar-refractivity contribution in [1.29, 1.82) is 0 Å². The van der Waals surface area contributed by atoms with Crippen molar-refractivity contribution in [2.24, 2.45) is 16.6 Å². The Morgan fingerprint density at radius 3 is 2.96 bits per heavy atom. The molecule has 0 aliphatic carbocycles. The van der Waals surface area contributed by atoms with E-state index < -0.39 is 0 Å². The van der Waals surface area contributed by atoms with Crippen LogP contribution < -0.4 is 16.4 Å². The van der Waals surface area contributed by atoms with Gasteiger partial charge in [-0.2, -0.15) is 0 Å². The van der Waals surface area contributed by atoms with E-state index in [2.05, 4.69) is 34.4 Å². The lowest BCUT2D eigenvalue weighted by atomic mass is 9.97. The Balaban J connectivity index is 2.32. The maximum Gasteiger partial charge on any atom is 0.221 e. The molecule has 2 atom stereocenters. The molecule has 1 aliphatic rings. The van der Waals surface area contributed by atoms with Gasteiger partial charge in [0.2, 0.25) is 5.91 Å². The summed E-state index contributed by atoms with van der Waals surface area (Å²) >= 11 is 0. The third-order valence-electron chi connectivity index (χ3n) is 3.95. The predicted molar refractivity (Wildman–Crippen MR) is 93.4 cm³/mol. The van der Waals surface area contributed by atoms with Crippen LogP contribution in [0.5, 0.6) is 0 Å². The first-order valence-corrected chi connectivity index (χ1v) is 8.62. The molecule has 0 bridgehead atoms. The molecule has 0 aromatic carbocycles. The number of rotatable bonds is 9. The number of methoxy groups -OCH3 is 1. The van der Waals surface area contributed by atoms with E-state index in [9.17, 15) is 4.79 Å². The van der Waals surface area contributed by atoms with Gasteiger partial charge in [0.25, 0.3) is 0 Å². The van der Waals surface area contributed by atoms with E-state index in [0.29, 0.717) is 6.61 Å². The first-order valence-electron chi connectivity index (χ1n) is 8.62. The summed E-state index contributed by atoms with van der Waals surface area (Å²) in [5.41, 5.74) is 5.41. The zero-order valence-corrected chi connectivity index (χ0v) is 14.8. The highest BCUT2D eigenvalue weighted by molar-refractivity contribution is 5.80. The minimum absolute atomic E-state index is 0.0149. The molecule has 1 aliphatic heterocycles. The van der Waals surface area contributed by atoms with Gasteiger partial charge in [0, 0.05) is 32.8 Å². The molecule has 1 fully saturated rings. The molecule has 1 amide bonds. The van der Waals surface area contributed by atoms with Crippen molar-refractivity contribution in [1.82, 2.24) is 15.5 Å². The van der Waals surface area contributed by atoms with Gasteiger partial charge in [0.05, 0.1) is 12.5 Å². The van der Waals surface area contributed by atoms with Crippen molar-refractivity contribution in [3.63, 3.8) is 0 Å². The number of amides is 1. The summed E-state index contributed by atoms with van der Waals surface area (Å²) in [5.74, 6) is 0.672. The Morgan fingerprint density at radius 1 is 1.52 bits per heavy atom. The van der Waals surface area contributed by atoms with Gasteiger partial charge in [0.15, 0.2) is 5.96 Å². The molecule has 134 valence electrons. The molecule has 7 nitrogen and oxygen atoms in total. The number of piperidine rings is 1. The molecular weight excluding hydrogens is 294 g/mol. The van der Waals surface area contributed by atoms with Crippen LogP contribution in [0.4, 0.5) is 0 Å². The number of aliphatic imine (C=N–C) groups is 1. The molecule has 0 saturated carbocycles. The number of nitrogens with zero attached hydrogens (tertiary/aromatic N) is 2. The first kappa shape index (κ1) is 19.7. The number of carbonyl (C=O) groups excluding carboxylic acids is 1. The molecule has 4 N–H and O–H groups in total. The highest BCUT2D eigenvalue weighted by atomic mass is 16.5. The zero-order valence-electron chi connectivity index (χ0n) is 14.8. The van der Waals surface area contributed by atoms with E-state index in [4.69, 9.17) is 10.5 Å². The lowest BCUT2D eigenvalue weighted by Crippen LogP contribution is -2.44. The van der Waals surface area contributed by atoms with Gasteiger partial charge >= 0.3 is 0 Å². The van der Waals surface area contributed by atoms with E-state index in [1.165, 1.54) is 0 Å². The quantitative estimate of drug-likeness (QED) is 0.319. The molecule has 23 heavy (non-hydrogen) atoms. The van der Waals surface area contributed by atoms with Crippen molar-refractivity contribution in [2.75, 3.05) is 46.4 Å². The number of guanidine groups is 1. The molecule has 0 aromatic rings. The van der Waals surface area contributed by atoms with Crippen molar-refractivity contribution < 1.29 is 9.53 Å². The summed E-state index contributed by atoms with van der Waals surface area (Å²) in [7, 11) is 1.69. The number of nitrogens with two attached hydrogens (primary N) is 1. The standard InChI is InChI=1S/C16H33N5O2/c1-4-18-16(20-13(2)12-23-3)19-8-6-10-21-9-5-7-14(11-21)15(17)22/h13-14H,4-12H2,1-3H3,(H2,17,22)(H2,18,19,20). The van der Waals surface area contributed by atoms with Crippen molar-refractivity contribution in [3.05, 3.63) is 0 Å². The molecule has 0 radical (unpaired) electrons. The smallest absolute Gasteiger partial charge is 0.221 e. The van der Waals surface area contributed by atoms with Gasteiger partial charge in [-0.05, 0) is 46.2 Å². The third kappa shape index (κ3) is 8.18. The molecule has 1 rings (SSSR count). The van der Waals surface area contributed by atoms with Crippen LogP contribution in [-0.4, -0.2) is 69.2 Å². The SMILES string of the molecule is CCNC(=NCCCN1CCCC(C(N)=O)C1)NC(C)COC. The second kappa shape index (κ2) is 11.2. The van der Waals surface area contributed by atoms with Gasteiger partial charge in [-0.15, -0.1) is 0 Å². The summed E-state index contributed by atoms with van der Waals surface area (Å²) in [4.78, 5) is 18.2. The average Bonchev–Trinajstić information content (AvgIpc) is 2.52. The Labute approximate surface area is 140 Å². The van der Waals surface area contributed by atoms with Crippen molar-refractivity contribution in [3.8, 4) is 0 Å². The summed E-state index contributed by atoms with van der Waals surface area (Å²) < 4.78 is 5.13. The van der Waals surface area contributed by atoms with Crippen LogP contribution in [0.1, 0.15) is 33.1 Å². The van der Waals surface area contributed by atoms with Gasteiger partial charge in [-0.25, -0.2) is 0 Å². The Hall–Kier alpha value is -1.34. The van der Waals surface area contributed by atoms with E-state index in [1.807, 2.05) is 0 Å². The Kier molecular flexibility index (Phi) is 9.63. The lowest BCUT2D eigenvalue weighted by molar-refractivity contribution is -0.123. The molecular formula is C16H33N5O2. The van der Waals surface area contributed by atoms with Crippen LogP contribution in [0.15, 0.2) is 4.99 Å². The minimum atomic E-state index is -0.168. The van der Waals surface area contributed by atoms with Crippen LogP contribution in [0.2, 0.25) is 0 Å². The number of likely N-dealkylation sites (tertiary alicyclic amines) is 1. The number of primary amides is 1. The number of ether oxygens (including phenoxy) is 1. The van der Waals surface area contributed by atoms with Crippen LogP contribution in [0, 0.1) is 5.92 Å². The maximum absolute atomic E-state index is 11.3. The second-order valence-electron chi connectivity index (χ2n) is 6.16. The van der Waals surface area contributed by atoms with E-state index in [0.717, 1.165) is 57.9 Å². The fourth-order valence-electron chi connectivity index (χ4n) is 2.82. The lowest BCUT2D eigenvalue weighted by Gasteiger charge is -2.30. The van der Waals surface area contributed by atoms with E-state index >= 15 is 0 Å². The number of carbonyl (C=O) groups is 1. The molecule has 7 heteroatoms. The van der Waals surface area contributed by atoms with Gasteiger partial charge < -0.3 is 26.0 Å². The Bertz CT molecular complexity index is 375. The van der Waals surface area contributed by atoms with Crippen molar-refractivity contribution >= 4 is 11.9 Å². The summed E-state index contributed by atoms with van der Waals surface area (Å²) in [6.07, 6.45) is 2.95. The topological polar surface area (TPSA) is 92.0 Å². The van der Waals surface area contributed by atoms with Crippen molar-refractivity contribution in [2.45, 2.75) is 39.2 Å². The summed E-state index contributed by atoms with van der Waals surface area (Å²) in [6.45, 7) is 9.15. The average molecular weight is 327 g/mol. The predicted octanol–water partition coefficient (Wildman–Crippen LogP) is 0.164. The summed E-state index contributed by atoms with van der Waals surface area (Å²) in [5, 5.41) is 6.56. The van der Waals surface area contributed by atoms with Gasteiger partial charge in [-0.3, -0.25) is 9.79 Å². The van der Waals surface area contributed by atoms with E-state index in [-0.39, 0.29) is 17.9 Å². The number of nitrogens with one attached hydrogen (secondary N) is 2. The maximum atomic E-state index is 11.3. The van der Waals surface area contributed by atoms with Gasteiger partial charge in [-0.1, -0.05) is 0 Å². The van der Waals surface area contributed by atoms with Crippen LogP contribution in [0.3, 0.4) is 0 Å². The number of hydrogen-bond acceptors (Lipinski definition) is 4. The summed E-state index contributed by atoms with van der Waals surface area (Å²) in [6, 6.07) is 0.219. The highest BCUT2D eigenvalue weighted by Crippen LogP contribution is 2.15. The second-order valence-corrected chi connectivity index (χ2v) is 6.16. The fourth-order valence-corrected chi connectivity index (χ4v) is 2.82. The van der Waals surface area contributed by atoms with Crippen LogP contribution >= 0.6 is 0 Å². The molecule has 0 aromatic heterocycles. The zero-order chi connectivity index (χ0) is 17.1. The van der Waals surface area contributed by atoms with Crippen LogP contribution in [0.25, 0.3) is 0 Å². The fraction of sp³-hybridized carbons (Fsp3) is 0.875. The highest BCUT2D eigenvalue weighted by Gasteiger charge is 2.23. The van der Waals surface area contributed by atoms with Crippen LogP contribution in [-0.2, 0) is 9.53 Å². The largest absolute Gasteiger partial charge is 0.383 e. The molecule has 0 spiro atoms. The first-order chi connectivity index (χ1) is 11.1. The normalized spacial score (nSPS) is 21.0. The number of hydrogen-bond donors (Lipinski definition) is 3. The molecule has 1 heterocycles. The third-order valence-corrected chi connectivity index (χ3v) is 3.95. The molecule has 1 saturated heterocycles. The van der Waals surface area contributed by atoms with E-state index in [1.54, 1.807) is 7.11 Å².